The lowest BCUT2D eigenvalue weighted by molar-refractivity contribution is -0.904. The molecule has 1 fully saturated rings. The molecule has 3 rings (SSSR count). The maximum atomic E-state index is 13.5. The van der Waals surface area contributed by atoms with Crippen LogP contribution in [0, 0.1) is 12.8 Å². The number of thioether (sulfide) groups is 1. The predicted octanol–water partition coefficient (Wildman–Crippen LogP) is 6.23. The topological polar surface area (TPSA) is 55.4 Å². The molecule has 2 aromatic rings. The van der Waals surface area contributed by atoms with Crippen molar-refractivity contribution in [2.45, 2.75) is 64.5 Å². The first-order valence-corrected chi connectivity index (χ1v) is 15.0. The number of amides is 1. The second-order valence-electron chi connectivity index (χ2n) is 11.1. The van der Waals surface area contributed by atoms with Crippen molar-refractivity contribution >= 4 is 23.6 Å². The van der Waals surface area contributed by atoms with Crippen LogP contribution in [0.5, 0.6) is 0 Å². The molecule has 1 aliphatic carbocycles. The maximum absolute atomic E-state index is 13.5. The summed E-state index contributed by atoms with van der Waals surface area (Å²) in [6, 6.07) is 13.7. The van der Waals surface area contributed by atoms with E-state index in [-0.39, 0.29) is 5.91 Å². The first kappa shape index (κ1) is 29.2. The second kappa shape index (κ2) is 14.0. The van der Waals surface area contributed by atoms with E-state index >= 15 is 0 Å². The van der Waals surface area contributed by atoms with E-state index in [1.807, 2.05) is 24.5 Å². The normalized spacial score (nSPS) is 15.3. The molecule has 0 aromatic heterocycles. The average Bonchev–Trinajstić information content (AvgIpc) is 2.90. The second-order valence-corrected chi connectivity index (χ2v) is 12.1. The third-order valence-corrected chi connectivity index (χ3v) is 8.29. The lowest BCUT2D eigenvalue weighted by Gasteiger charge is -2.32. The highest BCUT2D eigenvalue weighted by atomic mass is 32.2. The number of hydrogen-bond donors (Lipinski definition) is 1. The van der Waals surface area contributed by atoms with Crippen LogP contribution < -0.4 is 5.32 Å². The van der Waals surface area contributed by atoms with Crippen LogP contribution in [-0.4, -0.2) is 62.2 Å². The molecule has 0 radical (unpaired) electrons. The van der Waals surface area contributed by atoms with Gasteiger partial charge in [0.25, 0.3) is 5.91 Å². The largest absolute Gasteiger partial charge is 0.467 e. The molecular formula is C31H45N2O3S+. The maximum Gasteiger partial charge on any atom is 0.328 e. The molecule has 1 saturated carbocycles. The zero-order valence-electron chi connectivity index (χ0n) is 23.3. The number of methoxy groups -OCH3 is 1. The highest BCUT2D eigenvalue weighted by molar-refractivity contribution is 7.98. The smallest absolute Gasteiger partial charge is 0.328 e. The lowest BCUT2D eigenvalue weighted by Crippen LogP contribution is -2.42. The van der Waals surface area contributed by atoms with Crippen LogP contribution in [0.2, 0.25) is 0 Å². The molecular weight excluding hydrogens is 480 g/mol. The molecule has 202 valence electrons. The van der Waals surface area contributed by atoms with Crippen molar-refractivity contribution in [3.8, 4) is 11.1 Å². The van der Waals surface area contributed by atoms with Crippen molar-refractivity contribution in [2.24, 2.45) is 5.92 Å². The monoisotopic (exact) mass is 525 g/mol. The van der Waals surface area contributed by atoms with E-state index in [0.29, 0.717) is 12.0 Å². The van der Waals surface area contributed by atoms with Crippen molar-refractivity contribution in [2.75, 3.05) is 39.8 Å². The molecule has 1 atom stereocenters. The molecule has 5 nitrogen and oxygen atoms in total. The van der Waals surface area contributed by atoms with Crippen LogP contribution in [-0.2, 0) is 16.1 Å². The number of aryl methyl sites for hydroxylation is 1. The SMILES string of the molecule is COC(=O)[C@H](CCSC)NC(=O)c1ccc(C[N+](C)(C)CCC2CCCCC2)cc1-c1ccccc1C. The summed E-state index contributed by atoms with van der Waals surface area (Å²) in [6.07, 6.45) is 10.7. The quantitative estimate of drug-likeness (QED) is 0.264. The fraction of sp³-hybridized carbons (Fsp3) is 0.548. The van der Waals surface area contributed by atoms with Crippen LogP contribution in [0.3, 0.4) is 0 Å². The molecule has 0 spiro atoms. The highest BCUT2D eigenvalue weighted by Crippen LogP contribution is 2.30. The van der Waals surface area contributed by atoms with Gasteiger partial charge < -0.3 is 14.5 Å². The van der Waals surface area contributed by atoms with E-state index in [4.69, 9.17) is 4.74 Å². The van der Waals surface area contributed by atoms with Crippen LogP contribution in [0.1, 0.15) is 66.4 Å². The first-order valence-electron chi connectivity index (χ1n) is 13.6. The van der Waals surface area contributed by atoms with Gasteiger partial charge in [0.15, 0.2) is 0 Å². The number of nitrogens with zero attached hydrogens (tertiary/aromatic N) is 1. The zero-order valence-corrected chi connectivity index (χ0v) is 24.2. The fourth-order valence-electron chi connectivity index (χ4n) is 5.43. The Morgan fingerprint density at radius 1 is 1.08 bits per heavy atom. The number of nitrogens with one attached hydrogen (secondary N) is 1. The Morgan fingerprint density at radius 3 is 2.49 bits per heavy atom. The van der Waals surface area contributed by atoms with Gasteiger partial charge in [-0.25, -0.2) is 4.79 Å². The van der Waals surface area contributed by atoms with Gasteiger partial charge in [-0.15, -0.1) is 0 Å². The van der Waals surface area contributed by atoms with Gasteiger partial charge in [0, 0.05) is 11.1 Å². The number of hydrogen-bond acceptors (Lipinski definition) is 4. The Kier molecular flexibility index (Phi) is 11.1. The van der Waals surface area contributed by atoms with Gasteiger partial charge in [-0.1, -0.05) is 62.4 Å². The first-order chi connectivity index (χ1) is 17.7. The Bertz CT molecular complexity index is 1050. The highest BCUT2D eigenvalue weighted by Gasteiger charge is 2.25. The van der Waals surface area contributed by atoms with Crippen LogP contribution >= 0.6 is 11.8 Å². The van der Waals surface area contributed by atoms with Crippen molar-refractivity contribution in [1.29, 1.82) is 0 Å². The summed E-state index contributed by atoms with van der Waals surface area (Å²) in [5.41, 5.74) is 4.88. The zero-order chi connectivity index (χ0) is 26.8. The lowest BCUT2D eigenvalue weighted by atomic mass is 9.87. The van der Waals surface area contributed by atoms with Gasteiger partial charge >= 0.3 is 5.97 Å². The number of carbonyl (C=O) groups is 2. The third-order valence-electron chi connectivity index (χ3n) is 7.64. The summed E-state index contributed by atoms with van der Waals surface area (Å²) in [7, 11) is 5.98. The number of quaternary nitrogens is 1. The van der Waals surface area contributed by atoms with Gasteiger partial charge in [-0.05, 0) is 66.5 Å². The molecule has 1 aliphatic rings. The number of rotatable bonds is 12. The summed E-state index contributed by atoms with van der Waals surface area (Å²) in [6.45, 7) is 4.14. The molecule has 1 amide bonds. The third kappa shape index (κ3) is 8.61. The minimum absolute atomic E-state index is 0.243. The standard InChI is InChI=1S/C31H44N2O3S/c1-23-11-9-10-14-26(23)28-21-25(22-33(2,3)19-17-24-12-7-6-8-13-24)15-16-27(28)30(34)32-29(18-20-37-5)31(35)36-4/h9-11,14-16,21,24,29H,6-8,12-13,17-20,22H2,1-5H3/p+1/t29-/m0/s1. The molecule has 37 heavy (non-hydrogen) atoms. The fourth-order valence-corrected chi connectivity index (χ4v) is 5.90. The molecule has 2 aromatic carbocycles. The Labute approximate surface area is 227 Å². The van der Waals surface area contributed by atoms with Gasteiger partial charge in [0.2, 0.25) is 0 Å². The van der Waals surface area contributed by atoms with E-state index in [1.165, 1.54) is 51.2 Å². The molecule has 0 unspecified atom stereocenters. The summed E-state index contributed by atoms with van der Waals surface area (Å²) in [5, 5.41) is 2.94. The minimum Gasteiger partial charge on any atom is -0.467 e. The Morgan fingerprint density at radius 2 is 1.81 bits per heavy atom. The van der Waals surface area contributed by atoms with E-state index in [9.17, 15) is 9.59 Å². The number of esters is 1. The Balaban J connectivity index is 1.85. The molecule has 1 N–H and O–H groups in total. The van der Waals surface area contributed by atoms with Crippen molar-refractivity contribution in [1.82, 2.24) is 5.32 Å². The summed E-state index contributed by atoms with van der Waals surface area (Å²) in [4.78, 5) is 25.8. The van der Waals surface area contributed by atoms with Crippen molar-refractivity contribution in [3.63, 3.8) is 0 Å². The summed E-state index contributed by atoms with van der Waals surface area (Å²) in [5.74, 6) is 0.978. The van der Waals surface area contributed by atoms with Gasteiger partial charge in [-0.2, -0.15) is 11.8 Å². The number of carbonyl (C=O) groups excluding carboxylic acids is 2. The molecule has 6 heteroatoms. The number of ether oxygens (including phenoxy) is 1. The predicted molar refractivity (Wildman–Crippen MR) is 155 cm³/mol. The van der Waals surface area contributed by atoms with Crippen LogP contribution in [0.15, 0.2) is 42.5 Å². The van der Waals surface area contributed by atoms with Gasteiger partial charge in [-0.3, -0.25) is 4.79 Å². The molecule has 0 bridgehead atoms. The van der Waals surface area contributed by atoms with E-state index in [2.05, 4.69) is 50.6 Å². The number of benzene rings is 2. The van der Waals surface area contributed by atoms with E-state index in [1.54, 1.807) is 11.8 Å². The Hall–Kier alpha value is -2.31. The summed E-state index contributed by atoms with van der Waals surface area (Å²) < 4.78 is 5.88. The molecule has 0 aliphatic heterocycles. The molecule has 0 heterocycles. The average molecular weight is 526 g/mol. The van der Waals surface area contributed by atoms with Crippen molar-refractivity contribution < 1.29 is 18.8 Å². The van der Waals surface area contributed by atoms with Crippen molar-refractivity contribution in [3.05, 3.63) is 59.2 Å². The van der Waals surface area contributed by atoms with Crippen LogP contribution in [0.25, 0.3) is 11.1 Å². The van der Waals surface area contributed by atoms with Gasteiger partial charge in [0.05, 0.1) is 27.7 Å². The van der Waals surface area contributed by atoms with Gasteiger partial charge in [0.1, 0.15) is 12.6 Å². The molecule has 0 saturated heterocycles. The van der Waals surface area contributed by atoms with E-state index < -0.39 is 12.0 Å². The summed E-state index contributed by atoms with van der Waals surface area (Å²) >= 11 is 1.64. The van der Waals surface area contributed by atoms with E-state index in [0.717, 1.165) is 45.9 Å². The minimum atomic E-state index is -0.662. The van der Waals surface area contributed by atoms with Crippen LogP contribution in [0.4, 0.5) is 0 Å².